The van der Waals surface area contributed by atoms with Crippen molar-refractivity contribution in [3.05, 3.63) is 36.1 Å². The Labute approximate surface area is 183 Å². The summed E-state index contributed by atoms with van der Waals surface area (Å²) in [4.78, 5) is 30.2. The number of para-hydroxylation sites is 1. The van der Waals surface area contributed by atoms with Gasteiger partial charge < -0.3 is 23.7 Å². The van der Waals surface area contributed by atoms with Crippen LogP contribution in [0.25, 0.3) is 11.0 Å². The summed E-state index contributed by atoms with van der Waals surface area (Å²) in [5.74, 6) is 0.593. The summed E-state index contributed by atoms with van der Waals surface area (Å²) in [7, 11) is 0. The number of amides is 2. The average Bonchev–Trinajstić information content (AvgIpc) is 3.51. The highest BCUT2D eigenvalue weighted by Gasteiger charge is 2.42. The fraction of sp³-hybridized carbons (Fsp3) is 0.583. The lowest BCUT2D eigenvalue weighted by atomic mass is 10.1. The molecule has 2 aromatic rings. The minimum Gasteiger partial charge on any atom is -0.461 e. The van der Waals surface area contributed by atoms with Gasteiger partial charge in [-0.3, -0.25) is 9.59 Å². The monoisotopic (exact) mass is 428 g/mol. The third-order valence-electron chi connectivity index (χ3n) is 6.22. The summed E-state index contributed by atoms with van der Waals surface area (Å²) < 4.78 is 17.4. The fourth-order valence-electron chi connectivity index (χ4n) is 4.84. The van der Waals surface area contributed by atoms with E-state index in [-0.39, 0.29) is 24.3 Å². The molecule has 0 radical (unpaired) electrons. The van der Waals surface area contributed by atoms with Gasteiger partial charge in [-0.15, -0.1) is 0 Å². The van der Waals surface area contributed by atoms with Crippen molar-refractivity contribution in [2.75, 3.05) is 26.3 Å². The smallest absolute Gasteiger partial charge is 0.245 e. The second-order valence-electron chi connectivity index (χ2n) is 8.19. The van der Waals surface area contributed by atoms with Crippen molar-refractivity contribution < 1.29 is 23.5 Å². The first-order valence-electron chi connectivity index (χ1n) is 11.4. The quantitative estimate of drug-likeness (QED) is 0.603. The number of carbonyl (C=O) groups excluding carboxylic acids is 2. The van der Waals surface area contributed by atoms with Crippen molar-refractivity contribution in [1.29, 1.82) is 0 Å². The molecule has 31 heavy (non-hydrogen) atoms. The Morgan fingerprint density at radius 2 is 1.77 bits per heavy atom. The number of rotatable bonds is 8. The number of hydrogen-bond acceptors (Lipinski definition) is 5. The molecule has 7 nitrogen and oxygen atoms in total. The van der Waals surface area contributed by atoms with E-state index in [2.05, 4.69) is 0 Å². The molecule has 3 heterocycles. The molecule has 0 N–H and O–H groups in total. The molecule has 2 atom stereocenters. The second-order valence-corrected chi connectivity index (χ2v) is 8.19. The van der Waals surface area contributed by atoms with Gasteiger partial charge in [0.25, 0.3) is 0 Å². The maximum atomic E-state index is 13.5. The number of fused-ring (bicyclic) bond motifs is 1. The summed E-state index contributed by atoms with van der Waals surface area (Å²) >= 11 is 0. The van der Waals surface area contributed by atoms with Gasteiger partial charge in [-0.05, 0) is 51.7 Å². The Hall–Kier alpha value is -2.38. The van der Waals surface area contributed by atoms with E-state index in [1.807, 2.05) is 49.1 Å². The van der Waals surface area contributed by atoms with Gasteiger partial charge in [0.2, 0.25) is 11.8 Å². The van der Waals surface area contributed by atoms with Crippen molar-refractivity contribution in [3.63, 3.8) is 0 Å². The van der Waals surface area contributed by atoms with Crippen molar-refractivity contribution in [1.82, 2.24) is 9.80 Å². The summed E-state index contributed by atoms with van der Waals surface area (Å²) in [6, 6.07) is 9.12. The summed E-state index contributed by atoms with van der Waals surface area (Å²) in [6.45, 7) is 6.23. The van der Waals surface area contributed by atoms with Crippen LogP contribution in [0.15, 0.2) is 34.7 Å². The average molecular weight is 429 g/mol. The van der Waals surface area contributed by atoms with Crippen LogP contribution in [0.1, 0.15) is 45.3 Å². The van der Waals surface area contributed by atoms with Crippen LogP contribution in [-0.4, -0.2) is 66.3 Å². The Morgan fingerprint density at radius 1 is 1.06 bits per heavy atom. The first-order valence-corrected chi connectivity index (χ1v) is 11.4. The van der Waals surface area contributed by atoms with E-state index in [1.165, 1.54) is 0 Å². The van der Waals surface area contributed by atoms with Crippen LogP contribution in [0.3, 0.4) is 0 Å². The molecular weight excluding hydrogens is 396 g/mol. The van der Waals surface area contributed by atoms with Crippen LogP contribution in [0, 0.1) is 0 Å². The molecule has 2 aliphatic rings. The van der Waals surface area contributed by atoms with Crippen molar-refractivity contribution in [2.45, 2.75) is 64.3 Å². The molecule has 0 saturated carbocycles. The van der Waals surface area contributed by atoms with Crippen molar-refractivity contribution in [3.8, 4) is 0 Å². The van der Waals surface area contributed by atoms with Crippen LogP contribution in [0.5, 0.6) is 0 Å². The van der Waals surface area contributed by atoms with E-state index in [0.29, 0.717) is 38.5 Å². The van der Waals surface area contributed by atoms with E-state index >= 15 is 0 Å². The normalized spacial score (nSPS) is 21.5. The standard InChI is InChI=1S/C24H32N2O5/c1-3-29-24(30-4-2)20-11-8-14-26(20)23(28)19-10-7-13-25(19)22(27)16-18-15-17-9-5-6-12-21(17)31-18/h5-6,9,12,15,19-20,24H,3-4,7-8,10-11,13-14,16H2,1-2H3/t19-,20-/m0/s1. The van der Waals surface area contributed by atoms with Crippen LogP contribution >= 0.6 is 0 Å². The van der Waals surface area contributed by atoms with Gasteiger partial charge in [-0.25, -0.2) is 0 Å². The zero-order valence-corrected chi connectivity index (χ0v) is 18.4. The predicted molar refractivity (Wildman–Crippen MR) is 116 cm³/mol. The zero-order chi connectivity index (χ0) is 21.8. The lowest BCUT2D eigenvalue weighted by Crippen LogP contribution is -2.52. The van der Waals surface area contributed by atoms with E-state index in [0.717, 1.165) is 30.2 Å². The lowest BCUT2D eigenvalue weighted by molar-refractivity contribution is -0.177. The third-order valence-corrected chi connectivity index (χ3v) is 6.22. The molecule has 4 rings (SSSR count). The highest BCUT2D eigenvalue weighted by Crippen LogP contribution is 2.28. The molecule has 0 aliphatic carbocycles. The van der Waals surface area contributed by atoms with E-state index in [4.69, 9.17) is 13.9 Å². The number of nitrogens with zero attached hydrogens (tertiary/aromatic N) is 2. The maximum Gasteiger partial charge on any atom is 0.245 e. The molecular formula is C24H32N2O5. The summed E-state index contributed by atoms with van der Waals surface area (Å²) in [5, 5.41) is 0.983. The zero-order valence-electron chi connectivity index (χ0n) is 18.4. The SMILES string of the molecule is CCOC(OCC)[C@@H]1CCCN1C(=O)[C@@H]1CCCN1C(=O)Cc1cc2ccccc2o1. The fourth-order valence-corrected chi connectivity index (χ4v) is 4.84. The number of furan rings is 1. The molecule has 0 spiro atoms. The van der Waals surface area contributed by atoms with Crippen molar-refractivity contribution >= 4 is 22.8 Å². The first-order chi connectivity index (χ1) is 15.1. The van der Waals surface area contributed by atoms with Gasteiger partial charge in [0, 0.05) is 31.7 Å². The third kappa shape index (κ3) is 4.62. The molecule has 7 heteroatoms. The second kappa shape index (κ2) is 9.83. The maximum absolute atomic E-state index is 13.5. The van der Waals surface area contributed by atoms with Crippen LogP contribution in [0.2, 0.25) is 0 Å². The molecule has 2 saturated heterocycles. The summed E-state index contributed by atoms with van der Waals surface area (Å²) in [5.41, 5.74) is 0.775. The molecule has 2 amide bonds. The minimum atomic E-state index is -0.415. The Morgan fingerprint density at radius 3 is 2.52 bits per heavy atom. The molecule has 0 bridgehead atoms. The van der Waals surface area contributed by atoms with E-state index in [1.54, 1.807) is 4.90 Å². The molecule has 2 fully saturated rings. The molecule has 1 aromatic heterocycles. The molecule has 2 aliphatic heterocycles. The van der Waals surface area contributed by atoms with Gasteiger partial charge in [0.1, 0.15) is 17.4 Å². The molecule has 168 valence electrons. The highest BCUT2D eigenvalue weighted by molar-refractivity contribution is 5.90. The lowest BCUT2D eigenvalue weighted by Gasteiger charge is -2.34. The van der Waals surface area contributed by atoms with Gasteiger partial charge in [0.15, 0.2) is 6.29 Å². The number of likely N-dealkylation sites (tertiary alicyclic amines) is 2. The van der Waals surface area contributed by atoms with E-state index in [9.17, 15) is 9.59 Å². The Balaban J connectivity index is 1.45. The van der Waals surface area contributed by atoms with Crippen LogP contribution in [0.4, 0.5) is 0 Å². The Kier molecular flexibility index (Phi) is 6.92. The van der Waals surface area contributed by atoms with Gasteiger partial charge in [0.05, 0.1) is 12.5 Å². The van der Waals surface area contributed by atoms with Crippen LogP contribution in [-0.2, 0) is 25.5 Å². The number of benzene rings is 1. The van der Waals surface area contributed by atoms with Gasteiger partial charge in [-0.2, -0.15) is 0 Å². The largest absolute Gasteiger partial charge is 0.461 e. The first kappa shape index (κ1) is 21.8. The number of ether oxygens (including phenoxy) is 2. The Bertz CT molecular complexity index is 871. The van der Waals surface area contributed by atoms with E-state index < -0.39 is 12.3 Å². The number of carbonyl (C=O) groups is 2. The summed E-state index contributed by atoms with van der Waals surface area (Å²) in [6.07, 6.45) is 3.07. The van der Waals surface area contributed by atoms with Crippen molar-refractivity contribution in [2.24, 2.45) is 0 Å². The topological polar surface area (TPSA) is 72.2 Å². The van der Waals surface area contributed by atoms with Gasteiger partial charge in [-0.1, -0.05) is 18.2 Å². The minimum absolute atomic E-state index is 0.0161. The molecule has 0 unspecified atom stereocenters. The predicted octanol–water partition coefficient (Wildman–Crippen LogP) is 3.36. The molecule has 1 aromatic carbocycles. The van der Waals surface area contributed by atoms with Gasteiger partial charge >= 0.3 is 0 Å². The highest BCUT2D eigenvalue weighted by atomic mass is 16.7. The number of hydrogen-bond donors (Lipinski definition) is 0. The van der Waals surface area contributed by atoms with Crippen LogP contribution < -0.4 is 0 Å².